The van der Waals surface area contributed by atoms with Gasteiger partial charge in [-0.15, -0.1) is 0 Å². The normalized spacial score (nSPS) is 15.9. The molecule has 1 heterocycles. The van der Waals surface area contributed by atoms with E-state index in [2.05, 4.69) is 10.2 Å². The van der Waals surface area contributed by atoms with Crippen LogP contribution in [0.15, 0.2) is 24.3 Å². The summed E-state index contributed by atoms with van der Waals surface area (Å²) in [5.74, 6) is -0.173. The van der Waals surface area contributed by atoms with E-state index in [-0.39, 0.29) is 17.9 Å². The van der Waals surface area contributed by atoms with E-state index in [1.807, 2.05) is 30.9 Å². The molecule has 23 heavy (non-hydrogen) atoms. The van der Waals surface area contributed by atoms with Gasteiger partial charge in [0, 0.05) is 32.2 Å². The summed E-state index contributed by atoms with van der Waals surface area (Å²) in [6.07, 6.45) is 3.24. The largest absolute Gasteiger partial charge is 0.336 e. The van der Waals surface area contributed by atoms with Gasteiger partial charge in [0.2, 0.25) is 0 Å². The molecule has 0 spiro atoms. The number of benzene rings is 1. The second-order valence-corrected chi connectivity index (χ2v) is 6.52. The number of rotatable bonds is 6. The molecule has 1 aliphatic rings. The fourth-order valence-corrected chi connectivity index (χ4v) is 2.83. The molecular formula is C18H28FN3O. The molecule has 2 amide bonds. The van der Waals surface area contributed by atoms with Crippen LogP contribution < -0.4 is 5.32 Å². The van der Waals surface area contributed by atoms with E-state index in [0.29, 0.717) is 0 Å². The summed E-state index contributed by atoms with van der Waals surface area (Å²) in [5, 5.41) is 2.94. The molecular weight excluding hydrogens is 293 g/mol. The van der Waals surface area contributed by atoms with Gasteiger partial charge in [0.25, 0.3) is 0 Å². The third kappa shape index (κ3) is 6.18. The lowest BCUT2D eigenvalue weighted by Crippen LogP contribution is -2.52. The predicted molar refractivity (Wildman–Crippen MR) is 91.0 cm³/mol. The highest BCUT2D eigenvalue weighted by atomic mass is 19.1. The number of hydrogen-bond donors (Lipinski definition) is 1. The quantitative estimate of drug-likeness (QED) is 0.818. The summed E-state index contributed by atoms with van der Waals surface area (Å²) in [5.41, 5.74) is 1.20. The second-order valence-electron chi connectivity index (χ2n) is 6.52. The first kappa shape index (κ1) is 17.7. The summed E-state index contributed by atoms with van der Waals surface area (Å²) in [6, 6.07) is 7.01. The zero-order chi connectivity index (χ0) is 16.7. The lowest BCUT2D eigenvalue weighted by molar-refractivity contribution is 0.137. The Labute approximate surface area is 138 Å². The van der Waals surface area contributed by atoms with Crippen molar-refractivity contribution in [2.45, 2.75) is 39.2 Å². The maximum atomic E-state index is 12.8. The molecule has 1 aromatic carbocycles. The van der Waals surface area contributed by atoms with Crippen LogP contribution in [0.2, 0.25) is 0 Å². The fraction of sp³-hybridized carbons (Fsp3) is 0.611. The number of nitrogens with one attached hydrogen (secondary N) is 1. The topological polar surface area (TPSA) is 35.6 Å². The summed E-state index contributed by atoms with van der Waals surface area (Å²) in [7, 11) is 0. The second kappa shape index (κ2) is 8.87. The Morgan fingerprint density at radius 3 is 2.39 bits per heavy atom. The molecule has 0 aromatic heterocycles. The molecule has 1 aliphatic heterocycles. The maximum Gasteiger partial charge on any atom is 0.317 e. The van der Waals surface area contributed by atoms with E-state index >= 15 is 0 Å². The van der Waals surface area contributed by atoms with Crippen molar-refractivity contribution in [2.75, 3.05) is 32.7 Å². The Hall–Kier alpha value is -1.62. The van der Waals surface area contributed by atoms with E-state index < -0.39 is 0 Å². The first-order valence-electron chi connectivity index (χ1n) is 8.57. The van der Waals surface area contributed by atoms with E-state index in [9.17, 15) is 9.18 Å². The Kier molecular flexibility index (Phi) is 6.84. The Bertz CT molecular complexity index is 482. The van der Waals surface area contributed by atoms with Gasteiger partial charge < -0.3 is 10.2 Å². The Morgan fingerprint density at radius 1 is 1.13 bits per heavy atom. The lowest BCUT2D eigenvalue weighted by Gasteiger charge is -2.35. The number of urea groups is 1. The van der Waals surface area contributed by atoms with E-state index in [1.54, 1.807) is 0 Å². The van der Waals surface area contributed by atoms with Crippen molar-refractivity contribution in [3.8, 4) is 0 Å². The van der Waals surface area contributed by atoms with Gasteiger partial charge in [-0.3, -0.25) is 4.90 Å². The molecule has 1 saturated heterocycles. The number of amides is 2. The molecule has 2 rings (SSSR count). The van der Waals surface area contributed by atoms with Crippen molar-refractivity contribution in [1.82, 2.24) is 15.1 Å². The SMILES string of the molecule is CC(C)NC(=O)N1CCN(CCCCc2ccc(F)cc2)CC1. The number of nitrogens with zero attached hydrogens (tertiary/aromatic N) is 2. The van der Waals surface area contributed by atoms with Crippen LogP contribution in [-0.2, 0) is 6.42 Å². The zero-order valence-corrected chi connectivity index (χ0v) is 14.2. The average Bonchev–Trinajstić information content (AvgIpc) is 2.53. The van der Waals surface area contributed by atoms with Crippen molar-refractivity contribution in [2.24, 2.45) is 0 Å². The van der Waals surface area contributed by atoms with Crippen LogP contribution in [0, 0.1) is 5.82 Å². The van der Waals surface area contributed by atoms with Gasteiger partial charge in [-0.05, 0) is 57.4 Å². The first-order chi connectivity index (χ1) is 11.0. The average molecular weight is 321 g/mol. The van der Waals surface area contributed by atoms with Gasteiger partial charge in [-0.25, -0.2) is 9.18 Å². The standard InChI is InChI=1S/C18H28FN3O/c1-15(2)20-18(23)22-13-11-21(12-14-22)10-4-3-5-16-6-8-17(19)9-7-16/h6-9,15H,3-5,10-14H2,1-2H3,(H,20,23). The molecule has 1 fully saturated rings. The van der Waals surface area contributed by atoms with E-state index in [0.717, 1.165) is 52.0 Å². The maximum absolute atomic E-state index is 12.8. The molecule has 1 aromatic rings. The third-order valence-corrected chi connectivity index (χ3v) is 4.17. The number of hydrogen-bond acceptors (Lipinski definition) is 2. The molecule has 0 atom stereocenters. The number of piperazine rings is 1. The number of carbonyl (C=O) groups is 1. The first-order valence-corrected chi connectivity index (χ1v) is 8.57. The molecule has 5 heteroatoms. The van der Waals surface area contributed by atoms with Gasteiger partial charge in [0.15, 0.2) is 0 Å². The molecule has 0 unspecified atom stereocenters. The van der Waals surface area contributed by atoms with Gasteiger partial charge in [-0.1, -0.05) is 12.1 Å². The smallest absolute Gasteiger partial charge is 0.317 e. The van der Waals surface area contributed by atoms with Crippen molar-refractivity contribution >= 4 is 6.03 Å². The minimum absolute atomic E-state index is 0.0518. The highest BCUT2D eigenvalue weighted by molar-refractivity contribution is 5.74. The van der Waals surface area contributed by atoms with Gasteiger partial charge in [-0.2, -0.15) is 0 Å². The van der Waals surface area contributed by atoms with Crippen LogP contribution in [0.4, 0.5) is 9.18 Å². The summed E-state index contributed by atoms with van der Waals surface area (Å²) < 4.78 is 12.8. The number of unbranched alkanes of at least 4 members (excludes halogenated alkanes) is 1. The zero-order valence-electron chi connectivity index (χ0n) is 14.2. The van der Waals surface area contributed by atoms with Gasteiger partial charge >= 0.3 is 6.03 Å². The Morgan fingerprint density at radius 2 is 1.78 bits per heavy atom. The summed E-state index contributed by atoms with van der Waals surface area (Å²) >= 11 is 0. The van der Waals surface area contributed by atoms with Crippen LogP contribution in [0.5, 0.6) is 0 Å². The molecule has 4 nitrogen and oxygen atoms in total. The molecule has 0 aliphatic carbocycles. The lowest BCUT2D eigenvalue weighted by atomic mass is 10.1. The summed E-state index contributed by atoms with van der Waals surface area (Å²) in [6.45, 7) is 8.53. The van der Waals surface area contributed by atoms with E-state index in [1.165, 1.54) is 17.7 Å². The molecule has 0 bridgehead atoms. The minimum atomic E-state index is -0.173. The van der Waals surface area contributed by atoms with Crippen LogP contribution >= 0.6 is 0 Å². The number of aryl methyl sites for hydroxylation is 1. The van der Waals surface area contributed by atoms with Gasteiger partial charge in [0.1, 0.15) is 5.82 Å². The van der Waals surface area contributed by atoms with Crippen LogP contribution in [0.25, 0.3) is 0 Å². The number of halogens is 1. The van der Waals surface area contributed by atoms with Crippen molar-refractivity contribution in [3.05, 3.63) is 35.6 Å². The third-order valence-electron chi connectivity index (χ3n) is 4.17. The van der Waals surface area contributed by atoms with Crippen LogP contribution in [-0.4, -0.2) is 54.6 Å². The molecule has 128 valence electrons. The van der Waals surface area contributed by atoms with Crippen molar-refractivity contribution in [3.63, 3.8) is 0 Å². The predicted octanol–water partition coefficient (Wildman–Crippen LogP) is 2.88. The number of carbonyl (C=O) groups excluding carboxylic acids is 1. The van der Waals surface area contributed by atoms with Gasteiger partial charge in [0.05, 0.1) is 0 Å². The highest BCUT2D eigenvalue weighted by Crippen LogP contribution is 2.09. The molecule has 0 radical (unpaired) electrons. The molecule has 1 N–H and O–H groups in total. The Balaban J connectivity index is 1.59. The van der Waals surface area contributed by atoms with Crippen LogP contribution in [0.3, 0.4) is 0 Å². The van der Waals surface area contributed by atoms with Crippen molar-refractivity contribution < 1.29 is 9.18 Å². The minimum Gasteiger partial charge on any atom is -0.336 e. The fourth-order valence-electron chi connectivity index (χ4n) is 2.83. The van der Waals surface area contributed by atoms with Crippen molar-refractivity contribution in [1.29, 1.82) is 0 Å². The molecule has 0 saturated carbocycles. The van der Waals surface area contributed by atoms with Crippen LogP contribution in [0.1, 0.15) is 32.3 Å². The summed E-state index contributed by atoms with van der Waals surface area (Å²) in [4.78, 5) is 16.2. The van der Waals surface area contributed by atoms with E-state index in [4.69, 9.17) is 0 Å². The highest BCUT2D eigenvalue weighted by Gasteiger charge is 2.20. The monoisotopic (exact) mass is 321 g/mol.